The first-order valence-electron chi connectivity index (χ1n) is 0. The molecule has 0 aliphatic carbocycles. The van der Waals surface area contributed by atoms with Gasteiger partial charge in [0.05, 0.1) is 0 Å². The summed E-state index contributed by atoms with van der Waals surface area (Å²) in [5.41, 5.74) is 0. The van der Waals surface area contributed by atoms with Crippen molar-refractivity contribution in [1.82, 2.24) is 0 Å². The van der Waals surface area contributed by atoms with Gasteiger partial charge in [0.1, 0.15) is 0 Å². The molecule has 0 aromatic rings. The van der Waals surface area contributed by atoms with Crippen molar-refractivity contribution >= 4 is 40.5 Å². The van der Waals surface area contributed by atoms with Crippen LogP contribution in [0.15, 0.2) is 0 Å². The maximum Gasteiger partial charge on any atom is 3.00 e. The third kappa shape index (κ3) is 18.2. The maximum atomic E-state index is 0. The van der Waals surface area contributed by atoms with Gasteiger partial charge in [-0.3, -0.25) is 0 Å². The van der Waals surface area contributed by atoms with Crippen LogP contribution in [0.1, 0.15) is 0 Å². The molecule has 0 aliphatic heterocycles. The van der Waals surface area contributed by atoms with Gasteiger partial charge in [-0.25, -0.2) is 0 Å². The molecular formula is Pm2S3. The van der Waals surface area contributed by atoms with Crippen molar-refractivity contribution in [3.8, 4) is 0 Å². The third-order valence-electron chi connectivity index (χ3n) is 0. The molecule has 0 unspecified atom stereocenters. The van der Waals surface area contributed by atoms with Gasteiger partial charge in [0, 0.05) is 0 Å². The Hall–Kier alpha value is 3.73. The Bertz CT molecular complexity index is 4.85. The second-order valence-corrected chi connectivity index (χ2v) is 0. The van der Waals surface area contributed by atoms with Gasteiger partial charge < -0.3 is 40.5 Å². The van der Waals surface area contributed by atoms with E-state index in [4.69, 9.17) is 0 Å². The van der Waals surface area contributed by atoms with E-state index in [9.17, 15) is 0 Å². The van der Waals surface area contributed by atoms with E-state index in [-0.39, 0.29) is 121 Å². The van der Waals surface area contributed by atoms with E-state index >= 15 is 0 Å². The standard InChI is InChI=1S/2Pm.3S/q2*+3;3*-2. The smallest absolute Gasteiger partial charge is 2.00 e. The minimum Gasteiger partial charge on any atom is -2.00 e. The van der Waals surface area contributed by atoms with Gasteiger partial charge in [-0.1, -0.05) is 0 Å². The zero-order valence-corrected chi connectivity index (χ0v) is 10.3. The summed E-state index contributed by atoms with van der Waals surface area (Å²) < 4.78 is 0. The third-order valence-corrected chi connectivity index (χ3v) is 0. The Balaban J connectivity index is 0. The van der Waals surface area contributed by atoms with Gasteiger partial charge in [-0.05, 0) is 0 Å². The molecule has 0 aromatic heterocycles. The molecule has 0 heterocycles. The monoisotopic (exact) mass is 386 g/mol. The summed E-state index contributed by atoms with van der Waals surface area (Å²) in [6.45, 7) is 0. The predicted molar refractivity (Wildman–Crippen MR) is 22.1 cm³/mol. The molecule has 0 saturated heterocycles. The molecule has 0 aliphatic rings. The number of rotatable bonds is 0. The molecule has 0 atom stereocenters. The van der Waals surface area contributed by atoms with E-state index in [0.29, 0.717) is 0 Å². The van der Waals surface area contributed by atoms with Crippen LogP contribution < -0.4 is 0 Å². The topological polar surface area (TPSA) is 0 Å². The predicted octanol–water partition coefficient (Wildman–Crippen LogP) is -0.00720. The average molecular weight is 386 g/mol. The summed E-state index contributed by atoms with van der Waals surface area (Å²) >= 11 is 0. The van der Waals surface area contributed by atoms with Crippen molar-refractivity contribution in [2.75, 3.05) is 0 Å². The summed E-state index contributed by atoms with van der Waals surface area (Å²) in [7, 11) is 0. The zero-order valence-electron chi connectivity index (χ0n) is 2.12. The minimum absolute atomic E-state index is 0. The van der Waals surface area contributed by atoms with E-state index in [2.05, 4.69) is 0 Å². The van der Waals surface area contributed by atoms with Crippen LogP contribution in [0.4, 0.5) is 0 Å². The van der Waals surface area contributed by atoms with Crippen LogP contribution in [0.2, 0.25) is 0 Å². The molecule has 0 saturated carbocycles. The molecule has 0 aromatic carbocycles. The van der Waals surface area contributed by atoms with E-state index in [1.165, 1.54) is 0 Å². The second kappa shape index (κ2) is 25.2. The van der Waals surface area contributed by atoms with Crippen LogP contribution in [0.5, 0.6) is 0 Å². The first-order chi connectivity index (χ1) is 0. The summed E-state index contributed by atoms with van der Waals surface area (Å²) in [6, 6.07) is 0. The fourth-order valence-electron chi connectivity index (χ4n) is 0. The minimum atomic E-state index is 0. The van der Waals surface area contributed by atoms with Crippen LogP contribution >= 0.6 is 0 Å². The van der Waals surface area contributed by atoms with E-state index in [1.54, 1.807) is 0 Å². The SMILES string of the molecule is [Pm+3].[Pm+3].[S-2].[S-2].[S-2]. The maximum absolute atomic E-state index is 0. The first kappa shape index (κ1) is 37.5. The van der Waals surface area contributed by atoms with Crippen molar-refractivity contribution < 1.29 is 80.8 Å². The molecule has 0 N–H and O–H groups in total. The largest absolute Gasteiger partial charge is 3.00 e. The Labute approximate surface area is 118 Å². The number of hydrogen-bond acceptors (Lipinski definition) is 0. The van der Waals surface area contributed by atoms with Gasteiger partial charge in [0.15, 0.2) is 0 Å². The fourth-order valence-corrected chi connectivity index (χ4v) is 0. The van der Waals surface area contributed by atoms with E-state index in [1.807, 2.05) is 0 Å². The van der Waals surface area contributed by atoms with Gasteiger partial charge >= 0.3 is 80.8 Å². The summed E-state index contributed by atoms with van der Waals surface area (Å²) in [5, 5.41) is 0. The Morgan fingerprint density at radius 1 is 0.400 bits per heavy atom. The van der Waals surface area contributed by atoms with Gasteiger partial charge in [-0.15, -0.1) is 0 Å². The average Bonchev–Trinajstić information content (AvgIpc) is 0. The van der Waals surface area contributed by atoms with Gasteiger partial charge in [-0.2, -0.15) is 0 Å². The summed E-state index contributed by atoms with van der Waals surface area (Å²) in [4.78, 5) is 0. The van der Waals surface area contributed by atoms with Crippen LogP contribution in [0.3, 0.4) is 0 Å². The molecule has 5 heavy (non-hydrogen) atoms. The van der Waals surface area contributed by atoms with Crippen LogP contribution in [0, 0.1) is 80.8 Å². The summed E-state index contributed by atoms with van der Waals surface area (Å²) in [6.07, 6.45) is 0. The normalized spacial score (nSPS) is 0. The Morgan fingerprint density at radius 2 is 0.400 bits per heavy atom. The summed E-state index contributed by atoms with van der Waals surface area (Å²) in [5.74, 6) is 0. The molecule has 0 rings (SSSR count). The van der Waals surface area contributed by atoms with Crippen molar-refractivity contribution in [3.05, 3.63) is 0 Å². The number of hydrogen-bond donors (Lipinski definition) is 0. The molecule has 28 valence electrons. The van der Waals surface area contributed by atoms with Crippen molar-refractivity contribution in [2.24, 2.45) is 0 Å². The van der Waals surface area contributed by atoms with Crippen molar-refractivity contribution in [2.45, 2.75) is 0 Å². The van der Waals surface area contributed by atoms with E-state index < -0.39 is 0 Å². The van der Waals surface area contributed by atoms with Gasteiger partial charge in [0.25, 0.3) is 0 Å². The fraction of sp³-hybridized carbons (Fsp3) is 0. The molecule has 0 radical (unpaired) electrons. The molecule has 5 heteroatoms. The molecule has 0 fully saturated rings. The van der Waals surface area contributed by atoms with Crippen LogP contribution in [0.25, 0.3) is 0 Å². The molecular weight excluding hydrogens is 386 g/mol. The van der Waals surface area contributed by atoms with Gasteiger partial charge in [0.2, 0.25) is 0 Å². The quantitative estimate of drug-likeness (QED) is 0.550. The first-order valence-corrected chi connectivity index (χ1v) is 0. The van der Waals surface area contributed by atoms with E-state index in [0.717, 1.165) is 0 Å². The van der Waals surface area contributed by atoms with Crippen LogP contribution in [-0.2, 0) is 40.5 Å². The zero-order chi connectivity index (χ0) is 0. The molecule has 0 nitrogen and oxygen atoms in total. The molecule has 0 bridgehead atoms. The Morgan fingerprint density at radius 3 is 0.400 bits per heavy atom. The molecule has 0 amide bonds. The van der Waals surface area contributed by atoms with Crippen molar-refractivity contribution in [1.29, 1.82) is 0 Å². The Kier molecular flexibility index (Phi) is 189. The molecule has 0 spiro atoms. The second-order valence-electron chi connectivity index (χ2n) is 0. The van der Waals surface area contributed by atoms with Crippen LogP contribution in [-0.4, -0.2) is 0 Å². The van der Waals surface area contributed by atoms with Crippen molar-refractivity contribution in [3.63, 3.8) is 0 Å².